The molecule has 1 N–H and O–H groups in total. The summed E-state index contributed by atoms with van der Waals surface area (Å²) in [5, 5.41) is 2.90. The van der Waals surface area contributed by atoms with Gasteiger partial charge >= 0.3 is 0 Å². The van der Waals surface area contributed by atoms with Gasteiger partial charge in [-0.25, -0.2) is 0 Å². The number of carbonyl (C=O) groups excluding carboxylic acids is 1. The zero-order chi connectivity index (χ0) is 12.3. The van der Waals surface area contributed by atoms with E-state index in [1.165, 1.54) is 0 Å². The van der Waals surface area contributed by atoms with Crippen LogP contribution in [0.1, 0.15) is 25.7 Å². The van der Waals surface area contributed by atoms with Crippen molar-refractivity contribution in [3.8, 4) is 0 Å². The number of hydrogen-bond acceptors (Lipinski definition) is 3. The molecule has 0 saturated carbocycles. The Morgan fingerprint density at radius 2 is 2.29 bits per heavy atom. The number of amides is 1. The first-order chi connectivity index (χ1) is 8.16. The van der Waals surface area contributed by atoms with Crippen LogP contribution in [-0.4, -0.2) is 10.9 Å². The Kier molecular flexibility index (Phi) is 3.54. The normalized spacial score (nSPS) is 10.2. The van der Waals surface area contributed by atoms with Crippen molar-refractivity contribution in [1.29, 1.82) is 0 Å². The van der Waals surface area contributed by atoms with Crippen LogP contribution >= 0.6 is 11.3 Å². The molecule has 0 radical (unpaired) electrons. The number of aromatic nitrogens is 1. The quantitative estimate of drug-likeness (QED) is 0.904. The van der Waals surface area contributed by atoms with Crippen LogP contribution in [-0.2, 0) is 6.54 Å². The SMILES string of the molecule is Cc1cc(C(=O)NCc2cccnc2)c(C)s1. The summed E-state index contributed by atoms with van der Waals surface area (Å²) >= 11 is 1.65. The predicted molar refractivity (Wildman–Crippen MR) is 69.2 cm³/mol. The molecule has 2 aromatic heterocycles. The van der Waals surface area contributed by atoms with Crippen LogP contribution in [0.3, 0.4) is 0 Å². The largest absolute Gasteiger partial charge is 0.348 e. The number of rotatable bonds is 3. The van der Waals surface area contributed by atoms with E-state index in [0.717, 1.165) is 20.9 Å². The second-order valence-electron chi connectivity index (χ2n) is 3.87. The third kappa shape index (κ3) is 2.91. The van der Waals surface area contributed by atoms with Gasteiger partial charge in [-0.05, 0) is 31.5 Å². The number of thiophene rings is 1. The highest BCUT2D eigenvalue weighted by atomic mass is 32.1. The van der Waals surface area contributed by atoms with E-state index in [0.29, 0.717) is 6.54 Å². The molecular weight excluding hydrogens is 232 g/mol. The summed E-state index contributed by atoms with van der Waals surface area (Å²) < 4.78 is 0. The van der Waals surface area contributed by atoms with Gasteiger partial charge in [0.15, 0.2) is 0 Å². The maximum atomic E-state index is 11.9. The number of carbonyl (C=O) groups is 1. The first-order valence-corrected chi connectivity index (χ1v) is 6.22. The number of pyridine rings is 1. The second kappa shape index (κ2) is 5.10. The molecule has 4 heteroatoms. The highest BCUT2D eigenvalue weighted by Crippen LogP contribution is 2.20. The minimum atomic E-state index is -0.0179. The van der Waals surface area contributed by atoms with Gasteiger partial charge in [-0.1, -0.05) is 6.07 Å². The molecule has 0 aliphatic rings. The van der Waals surface area contributed by atoms with Crippen LogP contribution < -0.4 is 5.32 Å². The third-order valence-electron chi connectivity index (χ3n) is 2.46. The molecular formula is C13H14N2OS. The van der Waals surface area contributed by atoms with Crippen LogP contribution in [0.15, 0.2) is 30.6 Å². The molecule has 2 heterocycles. The molecule has 0 saturated heterocycles. The van der Waals surface area contributed by atoms with E-state index in [9.17, 15) is 4.79 Å². The lowest BCUT2D eigenvalue weighted by atomic mass is 10.2. The molecule has 1 amide bonds. The van der Waals surface area contributed by atoms with Gasteiger partial charge in [0, 0.05) is 28.7 Å². The number of nitrogens with one attached hydrogen (secondary N) is 1. The first kappa shape index (κ1) is 11.8. The van der Waals surface area contributed by atoms with Crippen molar-refractivity contribution in [3.63, 3.8) is 0 Å². The van der Waals surface area contributed by atoms with Crippen LogP contribution in [0.2, 0.25) is 0 Å². The smallest absolute Gasteiger partial charge is 0.252 e. The van der Waals surface area contributed by atoms with Crippen molar-refractivity contribution in [1.82, 2.24) is 10.3 Å². The molecule has 17 heavy (non-hydrogen) atoms. The summed E-state index contributed by atoms with van der Waals surface area (Å²) in [5.74, 6) is -0.0179. The molecule has 0 aromatic carbocycles. The minimum Gasteiger partial charge on any atom is -0.348 e. The molecule has 0 aliphatic carbocycles. The molecule has 2 rings (SSSR count). The van der Waals surface area contributed by atoms with E-state index in [1.807, 2.05) is 32.0 Å². The number of aryl methyl sites for hydroxylation is 2. The van der Waals surface area contributed by atoms with E-state index in [4.69, 9.17) is 0 Å². The fourth-order valence-electron chi connectivity index (χ4n) is 1.64. The molecule has 0 atom stereocenters. The maximum Gasteiger partial charge on any atom is 0.252 e. The van der Waals surface area contributed by atoms with E-state index in [1.54, 1.807) is 23.7 Å². The highest BCUT2D eigenvalue weighted by Gasteiger charge is 2.11. The average Bonchev–Trinajstić information content (AvgIpc) is 2.67. The second-order valence-corrected chi connectivity index (χ2v) is 5.33. The topological polar surface area (TPSA) is 42.0 Å². The third-order valence-corrected chi connectivity index (χ3v) is 3.43. The van der Waals surface area contributed by atoms with Gasteiger partial charge in [-0.3, -0.25) is 9.78 Å². The zero-order valence-electron chi connectivity index (χ0n) is 9.86. The molecule has 0 unspecified atom stereocenters. The van der Waals surface area contributed by atoms with Gasteiger partial charge in [0.2, 0.25) is 0 Å². The molecule has 88 valence electrons. The summed E-state index contributed by atoms with van der Waals surface area (Å²) in [5.41, 5.74) is 1.78. The number of nitrogens with zero attached hydrogens (tertiary/aromatic N) is 1. The van der Waals surface area contributed by atoms with Crippen LogP contribution in [0.5, 0.6) is 0 Å². The maximum absolute atomic E-state index is 11.9. The molecule has 3 nitrogen and oxygen atoms in total. The molecule has 0 fully saturated rings. The average molecular weight is 246 g/mol. The van der Waals surface area contributed by atoms with Gasteiger partial charge in [0.1, 0.15) is 0 Å². The molecule has 0 spiro atoms. The lowest BCUT2D eigenvalue weighted by molar-refractivity contribution is 0.0951. The van der Waals surface area contributed by atoms with Gasteiger partial charge in [-0.2, -0.15) is 0 Å². The van der Waals surface area contributed by atoms with Gasteiger partial charge in [0.05, 0.1) is 5.56 Å². The molecule has 0 bridgehead atoms. The summed E-state index contributed by atoms with van der Waals surface area (Å²) in [6.45, 7) is 4.49. The summed E-state index contributed by atoms with van der Waals surface area (Å²) in [6, 6.07) is 5.74. The molecule has 0 aliphatic heterocycles. The van der Waals surface area contributed by atoms with Crippen molar-refractivity contribution < 1.29 is 4.79 Å². The Bertz CT molecular complexity index is 519. The first-order valence-electron chi connectivity index (χ1n) is 5.41. The summed E-state index contributed by atoms with van der Waals surface area (Å²) in [4.78, 5) is 18.2. The zero-order valence-corrected chi connectivity index (χ0v) is 10.7. The van der Waals surface area contributed by atoms with Crippen molar-refractivity contribution in [3.05, 3.63) is 51.5 Å². The fourth-order valence-corrected chi connectivity index (χ4v) is 2.56. The Morgan fingerprint density at radius 3 is 2.88 bits per heavy atom. The van der Waals surface area contributed by atoms with E-state index in [-0.39, 0.29) is 5.91 Å². The lowest BCUT2D eigenvalue weighted by Gasteiger charge is -2.04. The van der Waals surface area contributed by atoms with E-state index >= 15 is 0 Å². The predicted octanol–water partition coefficient (Wildman–Crippen LogP) is 2.69. The minimum absolute atomic E-state index is 0.0179. The monoisotopic (exact) mass is 246 g/mol. The Balaban J connectivity index is 2.01. The number of hydrogen-bond donors (Lipinski definition) is 1. The standard InChI is InChI=1S/C13H14N2OS/c1-9-6-12(10(2)17-9)13(16)15-8-11-4-3-5-14-7-11/h3-7H,8H2,1-2H3,(H,15,16). The Labute approximate surface area is 105 Å². The Morgan fingerprint density at radius 1 is 1.47 bits per heavy atom. The van der Waals surface area contributed by atoms with Crippen molar-refractivity contribution in [2.75, 3.05) is 0 Å². The summed E-state index contributed by atoms with van der Waals surface area (Å²) in [7, 11) is 0. The van der Waals surface area contributed by atoms with Gasteiger partial charge in [0.25, 0.3) is 5.91 Å². The highest BCUT2D eigenvalue weighted by molar-refractivity contribution is 7.12. The molecule has 2 aromatic rings. The van der Waals surface area contributed by atoms with Gasteiger partial charge in [-0.15, -0.1) is 11.3 Å². The van der Waals surface area contributed by atoms with E-state index < -0.39 is 0 Å². The Hall–Kier alpha value is -1.68. The van der Waals surface area contributed by atoms with Crippen LogP contribution in [0, 0.1) is 13.8 Å². The van der Waals surface area contributed by atoms with Crippen molar-refractivity contribution in [2.24, 2.45) is 0 Å². The summed E-state index contributed by atoms with van der Waals surface area (Å²) in [6.07, 6.45) is 3.48. The van der Waals surface area contributed by atoms with Crippen molar-refractivity contribution in [2.45, 2.75) is 20.4 Å². The van der Waals surface area contributed by atoms with Crippen molar-refractivity contribution >= 4 is 17.2 Å². The fraction of sp³-hybridized carbons (Fsp3) is 0.231. The van der Waals surface area contributed by atoms with E-state index in [2.05, 4.69) is 10.3 Å². The van der Waals surface area contributed by atoms with Crippen LogP contribution in [0.4, 0.5) is 0 Å². The lowest BCUT2D eigenvalue weighted by Crippen LogP contribution is -2.22. The van der Waals surface area contributed by atoms with Crippen LogP contribution in [0.25, 0.3) is 0 Å². The van der Waals surface area contributed by atoms with Gasteiger partial charge < -0.3 is 5.32 Å².